The van der Waals surface area contributed by atoms with Crippen LogP contribution in [-0.4, -0.2) is 32.6 Å². The van der Waals surface area contributed by atoms with Gasteiger partial charge >= 0.3 is 6.01 Å². The number of carbonyl (C=O) groups is 1. The molecule has 26 heavy (non-hydrogen) atoms. The molecular formula is C18H16Cl2N4O2. The number of carbonyl (C=O) groups excluding carboxylic acids is 1. The van der Waals surface area contributed by atoms with E-state index in [1.807, 2.05) is 43.3 Å². The first-order chi connectivity index (χ1) is 12.5. The normalized spacial score (nSPS) is 10.8. The lowest BCUT2D eigenvalue weighted by molar-refractivity contribution is -0.114. The number of ether oxygens (including phenoxy) is 1. The maximum Gasteiger partial charge on any atom is 0.336 e. The van der Waals surface area contributed by atoms with E-state index in [0.717, 1.165) is 16.8 Å². The Morgan fingerprint density at radius 1 is 1.15 bits per heavy atom. The Labute approximate surface area is 160 Å². The molecule has 0 bridgehead atoms. The molecule has 0 saturated heterocycles. The van der Waals surface area contributed by atoms with Crippen LogP contribution in [0.25, 0.3) is 17.1 Å². The SMILES string of the molecule is COc1nc(-c2ccccc2C)n(-c2ccc(NC(=O)C(Cl)Cl)cc2)n1. The number of alkyl halides is 2. The lowest BCUT2D eigenvalue weighted by Crippen LogP contribution is -2.18. The fraction of sp³-hybridized carbons (Fsp3) is 0.167. The second-order valence-electron chi connectivity index (χ2n) is 5.49. The standard InChI is InChI=1S/C18H16Cl2N4O2/c1-11-5-3-4-6-14(11)16-22-18(26-2)23-24(16)13-9-7-12(8-10-13)21-17(25)15(19)20/h3-10,15H,1-2H3,(H,21,25). The van der Waals surface area contributed by atoms with E-state index in [1.54, 1.807) is 16.8 Å². The van der Waals surface area contributed by atoms with Gasteiger partial charge in [-0.2, -0.15) is 4.98 Å². The van der Waals surface area contributed by atoms with Crippen LogP contribution >= 0.6 is 23.2 Å². The van der Waals surface area contributed by atoms with Gasteiger partial charge in [-0.25, -0.2) is 4.68 Å². The summed E-state index contributed by atoms with van der Waals surface area (Å²) in [5.41, 5.74) is 3.37. The van der Waals surface area contributed by atoms with Gasteiger partial charge in [0.1, 0.15) is 0 Å². The Bertz CT molecular complexity index is 923. The van der Waals surface area contributed by atoms with Crippen molar-refractivity contribution >= 4 is 34.8 Å². The average Bonchev–Trinajstić information content (AvgIpc) is 3.07. The molecule has 6 nitrogen and oxygen atoms in total. The van der Waals surface area contributed by atoms with E-state index in [4.69, 9.17) is 27.9 Å². The zero-order valence-corrected chi connectivity index (χ0v) is 15.6. The van der Waals surface area contributed by atoms with Crippen molar-refractivity contribution in [3.63, 3.8) is 0 Å². The van der Waals surface area contributed by atoms with Crippen LogP contribution in [0.15, 0.2) is 48.5 Å². The summed E-state index contributed by atoms with van der Waals surface area (Å²) in [6.07, 6.45) is 0. The molecule has 3 rings (SSSR count). The third-order valence-electron chi connectivity index (χ3n) is 3.73. The van der Waals surface area contributed by atoms with E-state index in [2.05, 4.69) is 15.4 Å². The van der Waals surface area contributed by atoms with E-state index in [-0.39, 0.29) is 6.01 Å². The number of halogens is 2. The Morgan fingerprint density at radius 3 is 2.46 bits per heavy atom. The van der Waals surface area contributed by atoms with Crippen LogP contribution in [0.1, 0.15) is 5.56 Å². The number of benzene rings is 2. The molecule has 1 N–H and O–H groups in total. The van der Waals surface area contributed by atoms with Gasteiger partial charge in [-0.1, -0.05) is 47.5 Å². The zero-order valence-electron chi connectivity index (χ0n) is 14.1. The topological polar surface area (TPSA) is 69.0 Å². The van der Waals surface area contributed by atoms with E-state index < -0.39 is 10.7 Å². The Kier molecular flexibility index (Phi) is 5.44. The summed E-state index contributed by atoms with van der Waals surface area (Å²) >= 11 is 11.1. The van der Waals surface area contributed by atoms with Crippen molar-refractivity contribution in [3.8, 4) is 23.1 Å². The van der Waals surface area contributed by atoms with Gasteiger partial charge in [0.25, 0.3) is 5.91 Å². The summed E-state index contributed by atoms with van der Waals surface area (Å²) in [6.45, 7) is 2.01. The zero-order chi connectivity index (χ0) is 18.7. The monoisotopic (exact) mass is 390 g/mol. The van der Waals surface area contributed by atoms with E-state index in [1.165, 1.54) is 7.11 Å². The maximum atomic E-state index is 11.6. The smallest absolute Gasteiger partial charge is 0.336 e. The molecule has 0 atom stereocenters. The van der Waals surface area contributed by atoms with Crippen molar-refractivity contribution in [2.24, 2.45) is 0 Å². The Morgan fingerprint density at radius 2 is 1.85 bits per heavy atom. The van der Waals surface area contributed by atoms with E-state index in [9.17, 15) is 4.79 Å². The quantitative estimate of drug-likeness (QED) is 0.668. The van der Waals surface area contributed by atoms with Crippen LogP contribution in [0.3, 0.4) is 0 Å². The van der Waals surface area contributed by atoms with Crippen LogP contribution in [-0.2, 0) is 4.79 Å². The molecule has 0 aliphatic heterocycles. The molecule has 0 aliphatic carbocycles. The molecule has 1 aromatic heterocycles. The molecule has 8 heteroatoms. The number of hydrogen-bond donors (Lipinski definition) is 1. The molecule has 0 spiro atoms. The van der Waals surface area contributed by atoms with Crippen LogP contribution < -0.4 is 10.1 Å². The molecule has 1 amide bonds. The summed E-state index contributed by atoms with van der Waals surface area (Å²) < 4.78 is 6.88. The van der Waals surface area contributed by atoms with Crippen LogP contribution in [0.4, 0.5) is 5.69 Å². The van der Waals surface area contributed by atoms with Crippen molar-refractivity contribution in [2.45, 2.75) is 11.8 Å². The largest absolute Gasteiger partial charge is 0.466 e. The summed E-state index contributed by atoms with van der Waals surface area (Å²) in [6, 6.07) is 15.3. The third kappa shape index (κ3) is 3.81. The molecule has 0 unspecified atom stereocenters. The highest BCUT2D eigenvalue weighted by molar-refractivity contribution is 6.54. The number of rotatable bonds is 5. The summed E-state index contributed by atoms with van der Waals surface area (Å²) in [5, 5.41) is 7.01. The van der Waals surface area contributed by atoms with Crippen LogP contribution in [0.5, 0.6) is 6.01 Å². The highest BCUT2D eigenvalue weighted by Gasteiger charge is 2.16. The molecule has 0 fully saturated rings. The molecule has 2 aromatic carbocycles. The number of aryl methyl sites for hydroxylation is 1. The van der Waals surface area contributed by atoms with Crippen molar-refractivity contribution in [1.82, 2.24) is 14.8 Å². The van der Waals surface area contributed by atoms with Crippen molar-refractivity contribution < 1.29 is 9.53 Å². The second-order valence-corrected chi connectivity index (χ2v) is 6.58. The van der Waals surface area contributed by atoms with Crippen LogP contribution in [0.2, 0.25) is 0 Å². The van der Waals surface area contributed by atoms with Gasteiger partial charge in [-0.15, -0.1) is 5.10 Å². The van der Waals surface area contributed by atoms with Gasteiger partial charge in [0, 0.05) is 11.3 Å². The Hall–Kier alpha value is -2.57. The van der Waals surface area contributed by atoms with Gasteiger partial charge in [-0.3, -0.25) is 4.79 Å². The van der Waals surface area contributed by atoms with Crippen LogP contribution in [0, 0.1) is 6.92 Å². The van der Waals surface area contributed by atoms with Gasteiger partial charge in [0.15, 0.2) is 10.7 Å². The third-order valence-corrected chi connectivity index (χ3v) is 4.13. The predicted octanol–water partition coefficient (Wildman–Crippen LogP) is 3.99. The van der Waals surface area contributed by atoms with E-state index >= 15 is 0 Å². The van der Waals surface area contributed by atoms with Gasteiger partial charge in [0.05, 0.1) is 12.8 Å². The van der Waals surface area contributed by atoms with Gasteiger partial charge in [-0.05, 0) is 36.8 Å². The van der Waals surface area contributed by atoms with E-state index in [0.29, 0.717) is 11.5 Å². The number of amides is 1. The fourth-order valence-corrected chi connectivity index (χ4v) is 2.55. The average molecular weight is 391 g/mol. The molecule has 0 aliphatic rings. The molecule has 1 heterocycles. The van der Waals surface area contributed by atoms with Crippen molar-refractivity contribution in [2.75, 3.05) is 12.4 Å². The first-order valence-electron chi connectivity index (χ1n) is 7.76. The van der Waals surface area contributed by atoms with Crippen molar-refractivity contribution in [1.29, 1.82) is 0 Å². The lowest BCUT2D eigenvalue weighted by atomic mass is 10.1. The summed E-state index contributed by atoms with van der Waals surface area (Å²) in [5.74, 6) is 0.183. The number of anilines is 1. The first kappa shape index (κ1) is 18.2. The lowest BCUT2D eigenvalue weighted by Gasteiger charge is -2.09. The van der Waals surface area contributed by atoms with Crippen molar-refractivity contribution in [3.05, 3.63) is 54.1 Å². The second kappa shape index (κ2) is 7.76. The number of nitrogens with one attached hydrogen (secondary N) is 1. The minimum Gasteiger partial charge on any atom is -0.466 e. The van der Waals surface area contributed by atoms with Gasteiger partial charge in [0.2, 0.25) is 0 Å². The maximum absolute atomic E-state index is 11.6. The predicted molar refractivity (Wildman–Crippen MR) is 102 cm³/mol. The Balaban J connectivity index is 1.98. The summed E-state index contributed by atoms with van der Waals surface area (Å²) in [4.78, 5) is 14.9. The highest BCUT2D eigenvalue weighted by Crippen LogP contribution is 2.26. The molecule has 0 saturated carbocycles. The molecule has 3 aromatic rings. The number of nitrogens with zero attached hydrogens (tertiary/aromatic N) is 3. The number of methoxy groups -OCH3 is 1. The molecule has 0 radical (unpaired) electrons. The summed E-state index contributed by atoms with van der Waals surface area (Å²) in [7, 11) is 1.52. The van der Waals surface area contributed by atoms with Gasteiger partial charge < -0.3 is 10.1 Å². The molecular weight excluding hydrogens is 375 g/mol. The fourth-order valence-electron chi connectivity index (χ4n) is 2.44. The minimum absolute atomic E-state index is 0.271. The minimum atomic E-state index is -1.12. The first-order valence-corrected chi connectivity index (χ1v) is 8.63. The number of aromatic nitrogens is 3. The molecule has 134 valence electrons. The highest BCUT2D eigenvalue weighted by atomic mass is 35.5. The number of hydrogen-bond acceptors (Lipinski definition) is 4.